The summed E-state index contributed by atoms with van der Waals surface area (Å²) in [4.78, 5) is 15.9. The summed E-state index contributed by atoms with van der Waals surface area (Å²) >= 11 is 0. The Hall–Kier alpha value is -1.66. The Labute approximate surface area is 117 Å². The first-order valence-corrected chi connectivity index (χ1v) is 5.87. The molecule has 2 N–H and O–H groups in total. The lowest BCUT2D eigenvalue weighted by Gasteiger charge is -2.04. The summed E-state index contributed by atoms with van der Waals surface area (Å²) in [6.07, 6.45) is 2.39. The minimum absolute atomic E-state index is 0. The largest absolute Gasteiger partial charge is 0.352 e. The predicted octanol–water partition coefficient (Wildman–Crippen LogP) is 1.29. The van der Waals surface area contributed by atoms with Crippen molar-refractivity contribution in [2.24, 2.45) is 0 Å². The number of nitrogens with zero attached hydrogens (tertiary/aromatic N) is 2. The van der Waals surface area contributed by atoms with Crippen molar-refractivity contribution in [1.82, 2.24) is 20.8 Å². The smallest absolute Gasteiger partial charge is 0.257 e. The van der Waals surface area contributed by atoms with Crippen LogP contribution < -0.4 is 10.6 Å². The number of aryl methyl sites for hydroxylation is 1. The summed E-state index contributed by atoms with van der Waals surface area (Å²) in [6.45, 7) is 3.34. The van der Waals surface area contributed by atoms with Crippen LogP contribution in [0.25, 0.3) is 11.1 Å². The Morgan fingerprint density at radius 1 is 1.42 bits per heavy atom. The number of rotatable bonds is 5. The van der Waals surface area contributed by atoms with Gasteiger partial charge < -0.3 is 15.2 Å². The Morgan fingerprint density at radius 3 is 2.95 bits per heavy atom. The first-order valence-electron chi connectivity index (χ1n) is 5.87. The number of fused-ring (bicyclic) bond motifs is 1. The standard InChI is InChI=1S/C12H16N4O2.ClH/c1-8-10-6-9(7-15-12(10)18-16-8)11(17)14-5-3-4-13-2;/h6-7,13H,3-5H2,1-2H3,(H,14,17);1H. The van der Waals surface area contributed by atoms with Crippen LogP contribution in [0.4, 0.5) is 0 Å². The molecule has 19 heavy (non-hydrogen) atoms. The summed E-state index contributed by atoms with van der Waals surface area (Å²) in [5, 5.41) is 10.4. The van der Waals surface area contributed by atoms with E-state index in [1.54, 1.807) is 6.07 Å². The fraction of sp³-hybridized carbons (Fsp3) is 0.417. The summed E-state index contributed by atoms with van der Waals surface area (Å²) in [5.74, 6) is -0.124. The molecular weight excluding hydrogens is 268 g/mol. The minimum atomic E-state index is -0.124. The number of hydrogen-bond acceptors (Lipinski definition) is 5. The molecule has 1 amide bonds. The Kier molecular flexibility index (Phi) is 5.72. The fourth-order valence-corrected chi connectivity index (χ4v) is 1.64. The van der Waals surface area contributed by atoms with Crippen molar-refractivity contribution < 1.29 is 9.32 Å². The van der Waals surface area contributed by atoms with Crippen molar-refractivity contribution in [3.8, 4) is 0 Å². The van der Waals surface area contributed by atoms with Gasteiger partial charge in [0.15, 0.2) is 0 Å². The third-order valence-corrected chi connectivity index (χ3v) is 2.66. The second-order valence-electron chi connectivity index (χ2n) is 4.06. The maximum atomic E-state index is 11.9. The predicted molar refractivity (Wildman–Crippen MR) is 74.7 cm³/mol. The molecule has 0 aliphatic heterocycles. The molecule has 0 unspecified atom stereocenters. The Morgan fingerprint density at radius 2 is 2.21 bits per heavy atom. The van der Waals surface area contributed by atoms with E-state index in [0.29, 0.717) is 17.8 Å². The molecule has 2 aromatic heterocycles. The van der Waals surface area contributed by atoms with Crippen molar-refractivity contribution in [1.29, 1.82) is 0 Å². The van der Waals surface area contributed by atoms with Crippen LogP contribution in [-0.2, 0) is 0 Å². The lowest BCUT2D eigenvalue weighted by atomic mass is 10.2. The molecule has 0 saturated heterocycles. The van der Waals surface area contributed by atoms with Gasteiger partial charge in [0.05, 0.1) is 16.6 Å². The lowest BCUT2D eigenvalue weighted by Crippen LogP contribution is -2.26. The van der Waals surface area contributed by atoms with E-state index in [-0.39, 0.29) is 18.3 Å². The first-order chi connectivity index (χ1) is 8.72. The van der Waals surface area contributed by atoms with Gasteiger partial charge in [-0.15, -0.1) is 12.4 Å². The zero-order chi connectivity index (χ0) is 13.0. The van der Waals surface area contributed by atoms with Gasteiger partial charge in [-0.25, -0.2) is 4.98 Å². The molecule has 2 heterocycles. The highest BCUT2D eigenvalue weighted by Crippen LogP contribution is 2.16. The van der Waals surface area contributed by atoms with Gasteiger partial charge in [0.25, 0.3) is 11.6 Å². The third kappa shape index (κ3) is 3.65. The number of amides is 1. The molecule has 104 valence electrons. The molecule has 0 radical (unpaired) electrons. The zero-order valence-corrected chi connectivity index (χ0v) is 11.7. The van der Waals surface area contributed by atoms with Crippen LogP contribution in [0, 0.1) is 6.92 Å². The Balaban J connectivity index is 0.00000180. The Bertz CT molecular complexity index is 556. The van der Waals surface area contributed by atoms with Crippen LogP contribution in [0.15, 0.2) is 16.8 Å². The highest BCUT2D eigenvalue weighted by Gasteiger charge is 2.10. The zero-order valence-electron chi connectivity index (χ0n) is 10.9. The number of carbonyl (C=O) groups excluding carboxylic acids is 1. The number of carbonyl (C=O) groups is 1. The fourth-order valence-electron chi connectivity index (χ4n) is 1.64. The molecular formula is C12H17ClN4O2. The van der Waals surface area contributed by atoms with E-state index in [0.717, 1.165) is 24.0 Å². The number of pyridine rings is 1. The highest BCUT2D eigenvalue weighted by molar-refractivity contribution is 5.96. The average molecular weight is 285 g/mol. The van der Waals surface area contributed by atoms with Crippen LogP contribution in [0.5, 0.6) is 0 Å². The van der Waals surface area contributed by atoms with Gasteiger partial charge in [-0.3, -0.25) is 4.79 Å². The van der Waals surface area contributed by atoms with Crippen LogP contribution in [0.3, 0.4) is 0 Å². The second-order valence-corrected chi connectivity index (χ2v) is 4.06. The van der Waals surface area contributed by atoms with Gasteiger partial charge in [-0.2, -0.15) is 0 Å². The van der Waals surface area contributed by atoms with E-state index in [2.05, 4.69) is 20.8 Å². The topological polar surface area (TPSA) is 80.0 Å². The molecule has 6 nitrogen and oxygen atoms in total. The quantitative estimate of drug-likeness (QED) is 0.809. The van der Waals surface area contributed by atoms with Gasteiger partial charge in [0, 0.05) is 12.7 Å². The SMILES string of the molecule is CNCCCNC(=O)c1cnc2onc(C)c2c1.Cl. The third-order valence-electron chi connectivity index (χ3n) is 2.66. The van der Waals surface area contributed by atoms with Gasteiger partial charge in [-0.05, 0) is 33.0 Å². The molecule has 2 aromatic rings. The van der Waals surface area contributed by atoms with E-state index in [9.17, 15) is 4.79 Å². The number of halogens is 1. The van der Waals surface area contributed by atoms with Crippen LogP contribution >= 0.6 is 12.4 Å². The number of nitrogens with one attached hydrogen (secondary N) is 2. The maximum Gasteiger partial charge on any atom is 0.257 e. The average Bonchev–Trinajstić information content (AvgIpc) is 2.76. The van der Waals surface area contributed by atoms with E-state index < -0.39 is 0 Å². The molecule has 0 fully saturated rings. The van der Waals surface area contributed by atoms with E-state index in [1.165, 1.54) is 6.20 Å². The molecule has 0 aromatic carbocycles. The van der Waals surface area contributed by atoms with Crippen LogP contribution in [0.2, 0.25) is 0 Å². The van der Waals surface area contributed by atoms with Crippen LogP contribution in [0.1, 0.15) is 22.5 Å². The number of hydrogen-bond donors (Lipinski definition) is 2. The van der Waals surface area contributed by atoms with Crippen molar-refractivity contribution in [2.45, 2.75) is 13.3 Å². The van der Waals surface area contributed by atoms with Gasteiger partial charge >= 0.3 is 0 Å². The summed E-state index contributed by atoms with van der Waals surface area (Å²) in [7, 11) is 1.88. The van der Waals surface area contributed by atoms with E-state index >= 15 is 0 Å². The van der Waals surface area contributed by atoms with Gasteiger partial charge in [-0.1, -0.05) is 5.16 Å². The maximum absolute atomic E-state index is 11.9. The molecule has 0 atom stereocenters. The molecule has 0 saturated carbocycles. The second kappa shape index (κ2) is 7.06. The minimum Gasteiger partial charge on any atom is -0.352 e. The first kappa shape index (κ1) is 15.4. The summed E-state index contributed by atoms with van der Waals surface area (Å²) < 4.78 is 5.00. The summed E-state index contributed by atoms with van der Waals surface area (Å²) in [5.41, 5.74) is 1.72. The van der Waals surface area contributed by atoms with E-state index in [4.69, 9.17) is 4.52 Å². The molecule has 7 heteroatoms. The highest BCUT2D eigenvalue weighted by atomic mass is 35.5. The van der Waals surface area contributed by atoms with E-state index in [1.807, 2.05) is 14.0 Å². The molecule has 0 aliphatic carbocycles. The van der Waals surface area contributed by atoms with Gasteiger partial charge in [0.2, 0.25) is 0 Å². The summed E-state index contributed by atoms with van der Waals surface area (Å²) in [6, 6.07) is 1.75. The van der Waals surface area contributed by atoms with Crippen molar-refractivity contribution in [2.75, 3.05) is 20.1 Å². The van der Waals surface area contributed by atoms with Crippen LogP contribution in [-0.4, -0.2) is 36.2 Å². The molecule has 0 spiro atoms. The lowest BCUT2D eigenvalue weighted by molar-refractivity contribution is 0.0953. The molecule has 0 aliphatic rings. The molecule has 2 rings (SSSR count). The number of aromatic nitrogens is 2. The molecule has 0 bridgehead atoms. The van der Waals surface area contributed by atoms with Gasteiger partial charge in [0.1, 0.15) is 0 Å². The van der Waals surface area contributed by atoms with Crippen molar-refractivity contribution in [3.05, 3.63) is 23.5 Å². The monoisotopic (exact) mass is 284 g/mol. The normalized spacial score (nSPS) is 10.2. The van der Waals surface area contributed by atoms with Crippen molar-refractivity contribution >= 4 is 29.4 Å². The van der Waals surface area contributed by atoms with Crippen molar-refractivity contribution in [3.63, 3.8) is 0 Å².